The van der Waals surface area contributed by atoms with Crippen LogP contribution in [-0.4, -0.2) is 37.8 Å². The Morgan fingerprint density at radius 1 is 1.45 bits per heavy atom. The molecule has 0 aliphatic carbocycles. The summed E-state index contributed by atoms with van der Waals surface area (Å²) >= 11 is 0. The molecule has 3 heterocycles. The molecule has 2 aromatic rings. The van der Waals surface area contributed by atoms with Gasteiger partial charge in [-0.25, -0.2) is 9.97 Å². The second kappa shape index (κ2) is 4.74. The molecule has 0 fully saturated rings. The van der Waals surface area contributed by atoms with Gasteiger partial charge in [-0.3, -0.25) is 9.20 Å². The number of nitrogens with zero attached hydrogens (tertiary/aromatic N) is 4. The van der Waals surface area contributed by atoms with E-state index in [-0.39, 0.29) is 11.9 Å². The van der Waals surface area contributed by atoms with Gasteiger partial charge in [-0.1, -0.05) is 26.0 Å². The summed E-state index contributed by atoms with van der Waals surface area (Å²) in [5, 5.41) is 0. The molecule has 1 amide bonds. The molecule has 0 saturated heterocycles. The van der Waals surface area contributed by atoms with Crippen molar-refractivity contribution in [3.05, 3.63) is 42.0 Å². The highest BCUT2D eigenvalue weighted by Crippen LogP contribution is 2.22. The van der Waals surface area contributed by atoms with Gasteiger partial charge < -0.3 is 4.90 Å². The van der Waals surface area contributed by atoms with Crippen molar-refractivity contribution in [2.24, 2.45) is 5.92 Å². The summed E-state index contributed by atoms with van der Waals surface area (Å²) in [6, 6.07) is 1.97. The summed E-state index contributed by atoms with van der Waals surface area (Å²) in [6.45, 7) is 6.78. The maximum atomic E-state index is 12.9. The van der Waals surface area contributed by atoms with Crippen LogP contribution in [0.15, 0.2) is 30.6 Å². The zero-order valence-electron chi connectivity index (χ0n) is 11.9. The molecule has 1 aliphatic heterocycles. The summed E-state index contributed by atoms with van der Waals surface area (Å²) in [4.78, 5) is 23.3. The van der Waals surface area contributed by atoms with Gasteiger partial charge in [0.15, 0.2) is 0 Å². The Morgan fingerprint density at radius 3 is 3.00 bits per heavy atom. The Morgan fingerprint density at radius 2 is 2.25 bits per heavy atom. The third-order valence-electron chi connectivity index (χ3n) is 3.72. The molecule has 5 heteroatoms. The van der Waals surface area contributed by atoms with Gasteiger partial charge in [0, 0.05) is 18.9 Å². The maximum Gasteiger partial charge on any atom is 0.273 e. The van der Waals surface area contributed by atoms with E-state index in [1.165, 1.54) is 0 Å². The number of aryl methyl sites for hydroxylation is 1. The van der Waals surface area contributed by atoms with Crippen molar-refractivity contribution >= 4 is 11.7 Å². The minimum Gasteiger partial charge on any atom is -0.327 e. The van der Waals surface area contributed by atoms with Crippen LogP contribution in [0.2, 0.25) is 0 Å². The standard InChI is InChI=1S/C15H18N4O/c1-10(2)12-6-4-8-18(12)14(20)13-11(3)17-15-16-7-5-9-19(13)15/h4-7,9-10,12H,8H2,1-3H3. The van der Waals surface area contributed by atoms with Crippen LogP contribution in [0.3, 0.4) is 0 Å². The largest absolute Gasteiger partial charge is 0.327 e. The lowest BCUT2D eigenvalue weighted by atomic mass is 10.0. The van der Waals surface area contributed by atoms with E-state index < -0.39 is 0 Å². The van der Waals surface area contributed by atoms with Crippen LogP contribution in [-0.2, 0) is 0 Å². The first kappa shape index (κ1) is 12.8. The average Bonchev–Trinajstić information content (AvgIpc) is 3.01. The van der Waals surface area contributed by atoms with Crippen LogP contribution in [0.5, 0.6) is 0 Å². The summed E-state index contributed by atoms with van der Waals surface area (Å²) in [5.41, 5.74) is 1.34. The molecule has 0 radical (unpaired) electrons. The van der Waals surface area contributed by atoms with E-state index in [2.05, 4.69) is 36.0 Å². The number of hydrogen-bond donors (Lipinski definition) is 0. The van der Waals surface area contributed by atoms with Crippen molar-refractivity contribution in [1.82, 2.24) is 19.3 Å². The number of carbonyl (C=O) groups is 1. The summed E-state index contributed by atoms with van der Waals surface area (Å²) in [7, 11) is 0. The fraction of sp³-hybridized carbons (Fsp3) is 0.400. The van der Waals surface area contributed by atoms with Gasteiger partial charge in [-0.15, -0.1) is 0 Å². The van der Waals surface area contributed by atoms with Gasteiger partial charge in [-0.2, -0.15) is 0 Å². The van der Waals surface area contributed by atoms with Gasteiger partial charge in [0.05, 0.1) is 11.7 Å². The molecule has 104 valence electrons. The number of carbonyl (C=O) groups excluding carboxylic acids is 1. The molecule has 3 rings (SSSR count). The van der Waals surface area contributed by atoms with Crippen molar-refractivity contribution in [3.8, 4) is 0 Å². The molecule has 1 aliphatic rings. The average molecular weight is 270 g/mol. The number of aromatic nitrogens is 3. The molecule has 20 heavy (non-hydrogen) atoms. The fourth-order valence-corrected chi connectivity index (χ4v) is 2.73. The zero-order chi connectivity index (χ0) is 14.3. The molecule has 0 spiro atoms. The molecular formula is C15H18N4O. The molecule has 0 bridgehead atoms. The first-order valence-electron chi connectivity index (χ1n) is 6.87. The topological polar surface area (TPSA) is 50.5 Å². The maximum absolute atomic E-state index is 12.9. The highest BCUT2D eigenvalue weighted by atomic mass is 16.2. The number of rotatable bonds is 2. The Labute approximate surface area is 117 Å². The van der Waals surface area contributed by atoms with Gasteiger partial charge in [-0.05, 0) is 18.9 Å². The summed E-state index contributed by atoms with van der Waals surface area (Å²) in [6.07, 6.45) is 7.69. The zero-order valence-corrected chi connectivity index (χ0v) is 11.9. The van der Waals surface area contributed by atoms with Gasteiger partial charge in [0.25, 0.3) is 5.91 Å². The van der Waals surface area contributed by atoms with Crippen molar-refractivity contribution in [2.75, 3.05) is 6.54 Å². The smallest absolute Gasteiger partial charge is 0.273 e. The van der Waals surface area contributed by atoms with E-state index in [9.17, 15) is 4.79 Å². The third kappa shape index (κ3) is 1.90. The normalized spacial score (nSPS) is 18.4. The molecule has 1 atom stereocenters. The lowest BCUT2D eigenvalue weighted by molar-refractivity contribution is 0.0712. The fourth-order valence-electron chi connectivity index (χ4n) is 2.73. The van der Waals surface area contributed by atoms with Gasteiger partial charge in [0.2, 0.25) is 5.78 Å². The lowest BCUT2D eigenvalue weighted by Crippen LogP contribution is -2.39. The number of fused-ring (bicyclic) bond motifs is 1. The van der Waals surface area contributed by atoms with Crippen LogP contribution >= 0.6 is 0 Å². The lowest BCUT2D eigenvalue weighted by Gasteiger charge is -2.27. The minimum absolute atomic E-state index is 0.0201. The quantitative estimate of drug-likeness (QED) is 0.785. The monoisotopic (exact) mass is 270 g/mol. The molecule has 0 saturated carbocycles. The molecule has 5 nitrogen and oxygen atoms in total. The Hall–Kier alpha value is -2.17. The molecular weight excluding hydrogens is 252 g/mol. The number of hydrogen-bond acceptors (Lipinski definition) is 3. The summed E-state index contributed by atoms with van der Waals surface area (Å²) < 4.78 is 1.77. The Kier molecular flexibility index (Phi) is 3.04. The van der Waals surface area contributed by atoms with Crippen molar-refractivity contribution < 1.29 is 4.79 Å². The molecule has 0 N–H and O–H groups in total. The van der Waals surface area contributed by atoms with E-state index in [4.69, 9.17) is 0 Å². The Bertz CT molecular complexity index is 686. The SMILES string of the molecule is Cc1nc2ncccn2c1C(=O)N1CC=CC1C(C)C. The second-order valence-electron chi connectivity index (χ2n) is 5.46. The van der Waals surface area contributed by atoms with Crippen molar-refractivity contribution in [3.63, 3.8) is 0 Å². The second-order valence-corrected chi connectivity index (χ2v) is 5.46. The molecule has 0 aromatic carbocycles. The minimum atomic E-state index is 0.0201. The van der Waals surface area contributed by atoms with E-state index in [1.807, 2.05) is 24.1 Å². The van der Waals surface area contributed by atoms with Crippen molar-refractivity contribution in [2.45, 2.75) is 26.8 Å². The van der Waals surface area contributed by atoms with Crippen LogP contribution < -0.4 is 0 Å². The first-order valence-corrected chi connectivity index (χ1v) is 6.87. The third-order valence-corrected chi connectivity index (χ3v) is 3.72. The van der Waals surface area contributed by atoms with E-state index in [0.717, 1.165) is 5.69 Å². The molecule has 1 unspecified atom stereocenters. The number of imidazole rings is 1. The van der Waals surface area contributed by atoms with E-state index in [0.29, 0.717) is 23.9 Å². The summed E-state index contributed by atoms with van der Waals surface area (Å²) in [5.74, 6) is 0.989. The predicted octanol–water partition coefficient (Wildman–Crippen LogP) is 2.07. The van der Waals surface area contributed by atoms with Crippen LogP contribution in [0.25, 0.3) is 5.78 Å². The highest BCUT2D eigenvalue weighted by Gasteiger charge is 2.30. The first-order chi connectivity index (χ1) is 9.59. The van der Waals surface area contributed by atoms with Gasteiger partial charge >= 0.3 is 0 Å². The van der Waals surface area contributed by atoms with Crippen LogP contribution in [0, 0.1) is 12.8 Å². The highest BCUT2D eigenvalue weighted by molar-refractivity contribution is 5.95. The van der Waals surface area contributed by atoms with Crippen LogP contribution in [0.4, 0.5) is 0 Å². The van der Waals surface area contributed by atoms with E-state index >= 15 is 0 Å². The van der Waals surface area contributed by atoms with Crippen molar-refractivity contribution in [1.29, 1.82) is 0 Å². The van der Waals surface area contributed by atoms with E-state index in [1.54, 1.807) is 10.6 Å². The van der Waals surface area contributed by atoms with Gasteiger partial charge in [0.1, 0.15) is 5.69 Å². The molecule has 2 aromatic heterocycles. The number of amides is 1. The Balaban J connectivity index is 2.03. The predicted molar refractivity (Wildman–Crippen MR) is 76.5 cm³/mol. The van der Waals surface area contributed by atoms with Crippen LogP contribution in [0.1, 0.15) is 30.0 Å².